The maximum Gasteiger partial charge on any atom is 0.161 e. The molecule has 1 N–H and O–H groups in total. The van der Waals surface area contributed by atoms with Crippen LogP contribution in [0.25, 0.3) is 16.3 Å². The molecule has 0 aromatic heterocycles. The standard InChI is InChI=1S/C24H20BrNO/c1-14-12-19-22-18-5-3-2-4-15(18)8-11-20(22)26-24(23(19)21(27)13-14)16-6-9-17(25)10-7-16/h2-11,14,24,26H,12-13H2,1H3/t14-,24?/m0/s1. The van der Waals surface area contributed by atoms with Crippen molar-refractivity contribution >= 4 is 43.7 Å². The average Bonchev–Trinajstić information content (AvgIpc) is 2.67. The van der Waals surface area contributed by atoms with Crippen LogP contribution < -0.4 is 5.32 Å². The molecule has 0 saturated carbocycles. The number of anilines is 1. The summed E-state index contributed by atoms with van der Waals surface area (Å²) in [5.41, 5.74) is 5.67. The molecule has 1 aliphatic heterocycles. The Morgan fingerprint density at radius 1 is 0.963 bits per heavy atom. The van der Waals surface area contributed by atoms with E-state index in [4.69, 9.17) is 0 Å². The van der Waals surface area contributed by atoms with E-state index >= 15 is 0 Å². The minimum absolute atomic E-state index is 0.0817. The van der Waals surface area contributed by atoms with Crippen LogP contribution in [0, 0.1) is 5.92 Å². The number of hydrogen-bond acceptors (Lipinski definition) is 2. The highest BCUT2D eigenvalue weighted by Crippen LogP contribution is 2.49. The monoisotopic (exact) mass is 417 g/mol. The minimum Gasteiger partial charge on any atom is -0.373 e. The van der Waals surface area contributed by atoms with Crippen LogP contribution >= 0.6 is 15.9 Å². The highest BCUT2D eigenvalue weighted by molar-refractivity contribution is 9.10. The molecule has 5 rings (SSSR count). The third kappa shape index (κ3) is 2.72. The number of hydrogen-bond donors (Lipinski definition) is 1. The number of benzene rings is 3. The topological polar surface area (TPSA) is 29.1 Å². The Balaban J connectivity index is 1.78. The molecule has 0 amide bonds. The van der Waals surface area contributed by atoms with Gasteiger partial charge in [0.2, 0.25) is 0 Å². The van der Waals surface area contributed by atoms with Crippen LogP contribution in [0.4, 0.5) is 5.69 Å². The van der Waals surface area contributed by atoms with Crippen LogP contribution in [0.5, 0.6) is 0 Å². The number of Topliss-reactive ketones (excluding diaryl/α,β-unsaturated/α-hetero) is 1. The van der Waals surface area contributed by atoms with Crippen LogP contribution in [0.15, 0.2) is 70.7 Å². The molecule has 2 atom stereocenters. The van der Waals surface area contributed by atoms with E-state index in [1.165, 1.54) is 21.9 Å². The quantitative estimate of drug-likeness (QED) is 0.487. The van der Waals surface area contributed by atoms with Gasteiger partial charge >= 0.3 is 0 Å². The Hall–Kier alpha value is -2.39. The molecular formula is C24H20BrNO. The molecule has 3 heteroatoms. The lowest BCUT2D eigenvalue weighted by Gasteiger charge is -2.36. The van der Waals surface area contributed by atoms with E-state index in [-0.39, 0.29) is 11.8 Å². The van der Waals surface area contributed by atoms with Gasteiger partial charge in [-0.3, -0.25) is 4.79 Å². The molecule has 134 valence electrons. The third-order valence-electron chi connectivity index (χ3n) is 5.73. The molecule has 1 aliphatic carbocycles. The van der Waals surface area contributed by atoms with Gasteiger partial charge in [0.15, 0.2) is 5.78 Å². The van der Waals surface area contributed by atoms with Crippen molar-refractivity contribution in [1.29, 1.82) is 0 Å². The summed E-state index contributed by atoms with van der Waals surface area (Å²) in [5, 5.41) is 6.12. The summed E-state index contributed by atoms with van der Waals surface area (Å²) in [7, 11) is 0. The van der Waals surface area contributed by atoms with Gasteiger partial charge in [0.05, 0.1) is 6.04 Å². The zero-order valence-corrected chi connectivity index (χ0v) is 16.7. The maximum atomic E-state index is 13.1. The van der Waals surface area contributed by atoms with Gasteiger partial charge in [0.1, 0.15) is 0 Å². The molecular weight excluding hydrogens is 398 g/mol. The average molecular weight is 418 g/mol. The molecule has 1 heterocycles. The summed E-state index contributed by atoms with van der Waals surface area (Å²) < 4.78 is 1.05. The van der Waals surface area contributed by atoms with Gasteiger partial charge < -0.3 is 5.32 Å². The van der Waals surface area contributed by atoms with Gasteiger partial charge in [-0.05, 0) is 52.4 Å². The fraction of sp³-hybridized carbons (Fsp3) is 0.208. The number of nitrogens with one attached hydrogen (secondary N) is 1. The Labute approximate surface area is 167 Å². The Kier molecular flexibility index (Phi) is 3.94. The number of allylic oxidation sites excluding steroid dienone is 1. The van der Waals surface area contributed by atoms with E-state index < -0.39 is 0 Å². The van der Waals surface area contributed by atoms with E-state index in [9.17, 15) is 4.79 Å². The Morgan fingerprint density at radius 2 is 1.74 bits per heavy atom. The molecule has 3 aromatic rings. The first-order chi connectivity index (χ1) is 13.1. The van der Waals surface area contributed by atoms with Crippen molar-refractivity contribution in [2.24, 2.45) is 5.92 Å². The molecule has 27 heavy (non-hydrogen) atoms. The number of halogens is 1. The molecule has 0 saturated heterocycles. The number of carbonyl (C=O) groups excluding carboxylic acids is 1. The number of rotatable bonds is 1. The largest absolute Gasteiger partial charge is 0.373 e. The third-order valence-corrected chi connectivity index (χ3v) is 6.26. The van der Waals surface area contributed by atoms with Crippen molar-refractivity contribution in [3.8, 4) is 0 Å². The molecule has 0 radical (unpaired) electrons. The predicted octanol–water partition coefficient (Wildman–Crippen LogP) is 6.52. The molecule has 0 spiro atoms. The van der Waals surface area contributed by atoms with E-state index in [2.05, 4.69) is 76.7 Å². The number of ketones is 1. The molecule has 0 bridgehead atoms. The summed E-state index contributed by atoms with van der Waals surface area (Å²) in [6, 6.07) is 21.0. The SMILES string of the molecule is C[C@@H]1CC(=O)C2=C(C1)c1c(ccc3ccccc13)NC2c1ccc(Br)cc1. The smallest absolute Gasteiger partial charge is 0.161 e. The fourth-order valence-electron chi connectivity index (χ4n) is 4.55. The van der Waals surface area contributed by atoms with Crippen molar-refractivity contribution in [3.63, 3.8) is 0 Å². The number of carbonyl (C=O) groups is 1. The lowest BCUT2D eigenvalue weighted by atomic mass is 9.74. The second-order valence-corrected chi connectivity index (χ2v) is 8.58. The summed E-state index contributed by atoms with van der Waals surface area (Å²) in [4.78, 5) is 13.1. The van der Waals surface area contributed by atoms with Crippen LogP contribution in [0.1, 0.15) is 36.9 Å². The first kappa shape index (κ1) is 16.8. The summed E-state index contributed by atoms with van der Waals surface area (Å²) >= 11 is 3.51. The second kappa shape index (κ2) is 6.35. The summed E-state index contributed by atoms with van der Waals surface area (Å²) in [6.07, 6.45) is 1.59. The van der Waals surface area contributed by atoms with Crippen LogP contribution in [-0.2, 0) is 4.79 Å². The van der Waals surface area contributed by atoms with E-state index in [0.717, 1.165) is 27.7 Å². The second-order valence-electron chi connectivity index (χ2n) is 7.67. The molecule has 0 fully saturated rings. The van der Waals surface area contributed by atoms with E-state index in [0.29, 0.717) is 12.3 Å². The van der Waals surface area contributed by atoms with Crippen LogP contribution in [-0.4, -0.2) is 5.78 Å². The van der Waals surface area contributed by atoms with E-state index in [1.807, 2.05) is 12.1 Å². The Bertz CT molecular complexity index is 1100. The normalized spacial score (nSPS) is 21.6. The first-order valence-electron chi connectivity index (χ1n) is 9.42. The van der Waals surface area contributed by atoms with Crippen molar-refractivity contribution < 1.29 is 4.79 Å². The molecule has 2 aliphatic rings. The van der Waals surface area contributed by atoms with Gasteiger partial charge in [-0.25, -0.2) is 0 Å². The van der Waals surface area contributed by atoms with Crippen molar-refractivity contribution in [2.75, 3.05) is 5.32 Å². The summed E-state index contributed by atoms with van der Waals surface area (Å²) in [5.74, 6) is 0.662. The lowest BCUT2D eigenvalue weighted by Crippen LogP contribution is -2.29. The van der Waals surface area contributed by atoms with Gasteiger partial charge in [-0.1, -0.05) is 65.3 Å². The van der Waals surface area contributed by atoms with Gasteiger partial charge in [0.25, 0.3) is 0 Å². The number of fused-ring (bicyclic) bond motifs is 4. The van der Waals surface area contributed by atoms with Crippen molar-refractivity contribution in [1.82, 2.24) is 0 Å². The van der Waals surface area contributed by atoms with Crippen LogP contribution in [0.2, 0.25) is 0 Å². The predicted molar refractivity (Wildman–Crippen MR) is 115 cm³/mol. The van der Waals surface area contributed by atoms with Gasteiger partial charge in [-0.15, -0.1) is 0 Å². The zero-order chi connectivity index (χ0) is 18.5. The maximum absolute atomic E-state index is 13.1. The molecule has 1 unspecified atom stereocenters. The minimum atomic E-state index is -0.0817. The fourth-order valence-corrected chi connectivity index (χ4v) is 4.81. The van der Waals surface area contributed by atoms with E-state index in [1.54, 1.807) is 0 Å². The van der Waals surface area contributed by atoms with Crippen LogP contribution in [0.3, 0.4) is 0 Å². The van der Waals surface area contributed by atoms with Gasteiger partial charge in [-0.2, -0.15) is 0 Å². The van der Waals surface area contributed by atoms with Crippen molar-refractivity contribution in [3.05, 3.63) is 81.8 Å². The Morgan fingerprint density at radius 3 is 2.56 bits per heavy atom. The lowest BCUT2D eigenvalue weighted by molar-refractivity contribution is -0.116. The zero-order valence-electron chi connectivity index (χ0n) is 15.1. The molecule has 2 nitrogen and oxygen atoms in total. The summed E-state index contributed by atoms with van der Waals surface area (Å²) in [6.45, 7) is 2.18. The molecule has 3 aromatic carbocycles. The highest BCUT2D eigenvalue weighted by Gasteiger charge is 2.36. The van der Waals surface area contributed by atoms with Gasteiger partial charge in [0, 0.05) is 27.7 Å². The first-order valence-corrected chi connectivity index (χ1v) is 10.2. The van der Waals surface area contributed by atoms with Crippen molar-refractivity contribution in [2.45, 2.75) is 25.8 Å². The highest BCUT2D eigenvalue weighted by atomic mass is 79.9.